The zero-order valence-electron chi connectivity index (χ0n) is 19.9. The second-order valence-corrected chi connectivity index (χ2v) is 9.99. The van der Waals surface area contributed by atoms with Gasteiger partial charge < -0.3 is 20.3 Å². The normalized spacial score (nSPS) is 20.0. The fourth-order valence-corrected chi connectivity index (χ4v) is 4.87. The summed E-state index contributed by atoms with van der Waals surface area (Å²) in [6.07, 6.45) is 6.04. The number of aromatic nitrogens is 2. The maximum Gasteiger partial charge on any atom is 0.267 e. The Bertz CT molecular complexity index is 984. The Hall–Kier alpha value is -2.52. The van der Waals surface area contributed by atoms with Crippen molar-refractivity contribution < 1.29 is 18.3 Å². The molecule has 0 aliphatic carbocycles. The van der Waals surface area contributed by atoms with Crippen LogP contribution in [-0.2, 0) is 4.79 Å². The molecule has 0 saturated carbocycles. The van der Waals surface area contributed by atoms with E-state index in [1.54, 1.807) is 36.7 Å². The summed E-state index contributed by atoms with van der Waals surface area (Å²) in [6.45, 7) is 4.17. The van der Waals surface area contributed by atoms with Crippen molar-refractivity contribution in [3.63, 3.8) is 0 Å². The molecule has 0 unspecified atom stereocenters. The number of nitrogens with two attached hydrogens (primary N) is 1. The first-order valence-electron chi connectivity index (χ1n) is 12.1. The molecule has 3 heterocycles. The second kappa shape index (κ2) is 11.0. The van der Waals surface area contributed by atoms with Crippen LogP contribution in [0.25, 0.3) is 0 Å². The van der Waals surface area contributed by atoms with Crippen LogP contribution in [-0.4, -0.2) is 59.5 Å². The van der Waals surface area contributed by atoms with Crippen LogP contribution >= 0.6 is 11.6 Å². The maximum absolute atomic E-state index is 13.4. The number of amides is 1. The average molecular weight is 508 g/mol. The third kappa shape index (κ3) is 6.58. The molecule has 35 heavy (non-hydrogen) atoms. The Labute approximate surface area is 209 Å². The van der Waals surface area contributed by atoms with Crippen LogP contribution < -0.4 is 15.4 Å². The zero-order valence-corrected chi connectivity index (χ0v) is 20.6. The van der Waals surface area contributed by atoms with Gasteiger partial charge in [-0.3, -0.25) is 4.79 Å². The highest BCUT2D eigenvalue weighted by Gasteiger charge is 2.41. The SMILES string of the molecule is C[C@H](CCOc1ccc([C@H](N)C(=O)N2CCC(F)(F)C2)cc1)C1CCN(c2ncc(Cl)cn2)CC1. The molecule has 4 rings (SSSR count). The highest BCUT2D eigenvalue weighted by Crippen LogP contribution is 2.30. The lowest BCUT2D eigenvalue weighted by atomic mass is 9.84. The Morgan fingerprint density at radius 1 is 1.20 bits per heavy atom. The number of carbonyl (C=O) groups excluding carboxylic acids is 1. The van der Waals surface area contributed by atoms with Crippen molar-refractivity contribution in [2.45, 2.75) is 44.6 Å². The van der Waals surface area contributed by atoms with Gasteiger partial charge in [-0.05, 0) is 48.8 Å². The van der Waals surface area contributed by atoms with Crippen molar-refractivity contribution >= 4 is 23.5 Å². The van der Waals surface area contributed by atoms with E-state index in [2.05, 4.69) is 21.8 Å². The second-order valence-electron chi connectivity index (χ2n) is 9.55. The van der Waals surface area contributed by atoms with Crippen LogP contribution in [0.1, 0.15) is 44.2 Å². The topological polar surface area (TPSA) is 84.6 Å². The van der Waals surface area contributed by atoms with Crippen molar-refractivity contribution in [2.24, 2.45) is 17.6 Å². The largest absolute Gasteiger partial charge is 0.494 e. The highest BCUT2D eigenvalue weighted by atomic mass is 35.5. The molecular formula is C25H32ClF2N5O2. The molecule has 2 aliphatic rings. The molecule has 0 spiro atoms. The molecule has 190 valence electrons. The number of halogens is 3. The van der Waals surface area contributed by atoms with Crippen molar-refractivity contribution in [1.82, 2.24) is 14.9 Å². The monoisotopic (exact) mass is 507 g/mol. The Balaban J connectivity index is 1.19. The van der Waals surface area contributed by atoms with Crippen LogP contribution in [0.4, 0.5) is 14.7 Å². The number of rotatable bonds is 8. The predicted octanol–water partition coefficient (Wildman–Crippen LogP) is 4.32. The van der Waals surface area contributed by atoms with Gasteiger partial charge in [-0.25, -0.2) is 18.7 Å². The van der Waals surface area contributed by atoms with Crippen LogP contribution in [0.2, 0.25) is 5.02 Å². The van der Waals surface area contributed by atoms with E-state index < -0.39 is 24.4 Å². The summed E-state index contributed by atoms with van der Waals surface area (Å²) in [6, 6.07) is 6.04. The molecular weight excluding hydrogens is 476 g/mol. The van der Waals surface area contributed by atoms with E-state index in [9.17, 15) is 13.6 Å². The van der Waals surface area contributed by atoms with Gasteiger partial charge in [0.1, 0.15) is 11.8 Å². The van der Waals surface area contributed by atoms with E-state index in [0.29, 0.717) is 34.8 Å². The fraction of sp³-hybridized carbons (Fsp3) is 0.560. The molecule has 2 atom stereocenters. The summed E-state index contributed by atoms with van der Waals surface area (Å²) in [5, 5.41) is 0.539. The first kappa shape index (κ1) is 25.6. The van der Waals surface area contributed by atoms with Crippen molar-refractivity contribution in [1.29, 1.82) is 0 Å². The zero-order chi connectivity index (χ0) is 25.0. The first-order valence-corrected chi connectivity index (χ1v) is 12.5. The molecule has 0 bridgehead atoms. The van der Waals surface area contributed by atoms with Gasteiger partial charge >= 0.3 is 0 Å². The van der Waals surface area contributed by atoms with Gasteiger partial charge in [0.2, 0.25) is 11.9 Å². The predicted molar refractivity (Wildman–Crippen MR) is 131 cm³/mol. The van der Waals surface area contributed by atoms with Gasteiger partial charge in [-0.1, -0.05) is 30.7 Å². The number of carbonyl (C=O) groups is 1. The minimum absolute atomic E-state index is 0.0346. The van der Waals surface area contributed by atoms with Gasteiger partial charge in [0.25, 0.3) is 5.92 Å². The third-order valence-electron chi connectivity index (χ3n) is 7.06. The van der Waals surface area contributed by atoms with Gasteiger partial charge in [0.15, 0.2) is 0 Å². The van der Waals surface area contributed by atoms with E-state index >= 15 is 0 Å². The Kier molecular flexibility index (Phi) is 8.06. The maximum atomic E-state index is 13.4. The number of nitrogens with zero attached hydrogens (tertiary/aromatic N) is 4. The van der Waals surface area contributed by atoms with Crippen molar-refractivity contribution in [3.8, 4) is 5.75 Å². The molecule has 7 nitrogen and oxygen atoms in total. The molecule has 2 aromatic rings. The summed E-state index contributed by atoms with van der Waals surface area (Å²) < 4.78 is 32.7. The van der Waals surface area contributed by atoms with Crippen molar-refractivity contribution in [2.75, 3.05) is 37.7 Å². The standard InChI is InChI=1S/C25H32ClF2N5O2/c1-17(18-6-10-32(11-7-18)24-30-14-20(26)15-31-24)8-13-35-21-4-2-19(3-5-21)22(29)23(34)33-12-9-25(27,28)16-33/h2-5,14-15,17-18,22H,6-13,16,29H2,1H3/t17-,22+/m1/s1. The Morgan fingerprint density at radius 2 is 1.86 bits per heavy atom. The van der Waals surface area contributed by atoms with Crippen LogP contribution in [0, 0.1) is 11.8 Å². The van der Waals surface area contributed by atoms with Gasteiger partial charge in [-0.2, -0.15) is 0 Å². The average Bonchev–Trinajstić information content (AvgIpc) is 3.23. The number of ether oxygens (including phenoxy) is 1. The summed E-state index contributed by atoms with van der Waals surface area (Å²) >= 11 is 5.88. The van der Waals surface area contributed by atoms with E-state index in [1.807, 2.05) is 0 Å². The molecule has 10 heteroatoms. The van der Waals surface area contributed by atoms with E-state index in [1.165, 1.54) is 0 Å². The number of likely N-dealkylation sites (tertiary alicyclic amines) is 1. The van der Waals surface area contributed by atoms with E-state index in [-0.39, 0.29) is 13.0 Å². The van der Waals surface area contributed by atoms with Crippen LogP contribution in [0.5, 0.6) is 5.75 Å². The molecule has 1 aromatic heterocycles. The summed E-state index contributed by atoms with van der Waals surface area (Å²) in [5.41, 5.74) is 6.62. The smallest absolute Gasteiger partial charge is 0.267 e. The first-order chi connectivity index (χ1) is 16.7. The number of anilines is 1. The molecule has 0 radical (unpaired) electrons. The number of benzene rings is 1. The quantitative estimate of drug-likeness (QED) is 0.573. The molecule has 2 N–H and O–H groups in total. The van der Waals surface area contributed by atoms with Crippen LogP contribution in [0.3, 0.4) is 0 Å². The molecule has 2 aliphatic heterocycles. The van der Waals surface area contributed by atoms with E-state index in [4.69, 9.17) is 22.1 Å². The number of alkyl halides is 2. The third-order valence-corrected chi connectivity index (χ3v) is 7.26. The number of hydrogen-bond acceptors (Lipinski definition) is 6. The number of piperidine rings is 1. The summed E-state index contributed by atoms with van der Waals surface area (Å²) in [5.74, 6) is -0.737. The summed E-state index contributed by atoms with van der Waals surface area (Å²) in [4.78, 5) is 24.4. The minimum atomic E-state index is -2.83. The molecule has 1 aromatic carbocycles. The summed E-state index contributed by atoms with van der Waals surface area (Å²) in [7, 11) is 0. The van der Waals surface area contributed by atoms with Gasteiger partial charge in [-0.15, -0.1) is 0 Å². The van der Waals surface area contributed by atoms with Crippen molar-refractivity contribution in [3.05, 3.63) is 47.2 Å². The van der Waals surface area contributed by atoms with Crippen LogP contribution in [0.15, 0.2) is 36.7 Å². The molecule has 2 saturated heterocycles. The molecule has 2 fully saturated rings. The lowest BCUT2D eigenvalue weighted by molar-refractivity contribution is -0.133. The molecule has 1 amide bonds. The van der Waals surface area contributed by atoms with Gasteiger partial charge in [0, 0.05) is 26.1 Å². The van der Waals surface area contributed by atoms with E-state index in [0.717, 1.165) is 43.2 Å². The lowest BCUT2D eigenvalue weighted by Crippen LogP contribution is -2.38. The Morgan fingerprint density at radius 3 is 2.46 bits per heavy atom. The fourth-order valence-electron chi connectivity index (χ4n) is 4.77. The number of hydrogen-bond donors (Lipinski definition) is 1. The highest BCUT2D eigenvalue weighted by molar-refractivity contribution is 6.30. The van der Waals surface area contributed by atoms with Gasteiger partial charge in [0.05, 0.1) is 30.6 Å². The minimum Gasteiger partial charge on any atom is -0.494 e. The lowest BCUT2D eigenvalue weighted by Gasteiger charge is -2.34.